The molecule has 2 bridgehead atoms. The van der Waals surface area contributed by atoms with Gasteiger partial charge in [-0.15, -0.1) is 0 Å². The highest BCUT2D eigenvalue weighted by Gasteiger charge is 2.60. The highest BCUT2D eigenvalue weighted by molar-refractivity contribution is 6.23. The Balaban J connectivity index is 1.21. The first-order valence-electron chi connectivity index (χ1n) is 11.0. The zero-order valence-electron chi connectivity index (χ0n) is 18.4. The van der Waals surface area contributed by atoms with Crippen molar-refractivity contribution in [3.63, 3.8) is 0 Å². The Morgan fingerprint density at radius 2 is 1.64 bits per heavy atom. The van der Waals surface area contributed by atoms with E-state index >= 15 is 0 Å². The number of carbonyl (C=O) groups is 4. The fourth-order valence-electron chi connectivity index (χ4n) is 5.32. The molecule has 3 amide bonds. The number of fused-ring (bicyclic) bond motifs is 5. The number of hydrogen-bond donors (Lipinski definition) is 1. The molecule has 1 N–H and O–H groups in total. The van der Waals surface area contributed by atoms with Crippen LogP contribution in [0.4, 0.5) is 11.4 Å². The van der Waals surface area contributed by atoms with Crippen LogP contribution in [0.15, 0.2) is 60.2 Å². The standard InChI is InChI=1S/C26H24N2O5/c1-14-3-7-18(8-4-14)27-21(29)13-33-26(32)16-5-9-19(10-6-16)28-24(30)22-17-11-15(2)20(12-17)23(22)25(28)31/h3-11,17,20,22-23H,12-13H2,1-2H3,(H,27,29)/t17-,20+,22+,23-/m0/s1. The molecule has 33 heavy (non-hydrogen) atoms. The average Bonchev–Trinajstić information content (AvgIpc) is 3.44. The van der Waals surface area contributed by atoms with Gasteiger partial charge in [-0.05, 0) is 68.5 Å². The summed E-state index contributed by atoms with van der Waals surface area (Å²) in [5, 5.41) is 2.66. The number of allylic oxidation sites excluding steroid dienone is 2. The van der Waals surface area contributed by atoms with Crippen LogP contribution in [0, 0.1) is 30.6 Å². The number of carbonyl (C=O) groups excluding carboxylic acids is 4. The number of esters is 1. The third-order valence-corrected chi connectivity index (χ3v) is 6.91. The minimum atomic E-state index is -0.658. The van der Waals surface area contributed by atoms with E-state index in [1.807, 2.05) is 26.0 Å². The first-order valence-corrected chi connectivity index (χ1v) is 11.0. The molecule has 3 aliphatic rings. The molecule has 4 atom stereocenters. The monoisotopic (exact) mass is 444 g/mol. The van der Waals surface area contributed by atoms with Crippen molar-refractivity contribution in [2.75, 3.05) is 16.8 Å². The molecule has 2 aliphatic carbocycles. The maximum atomic E-state index is 13.0. The Morgan fingerprint density at radius 3 is 2.33 bits per heavy atom. The van der Waals surface area contributed by atoms with Gasteiger partial charge in [0.15, 0.2) is 6.61 Å². The minimum absolute atomic E-state index is 0.141. The van der Waals surface area contributed by atoms with Gasteiger partial charge in [-0.25, -0.2) is 4.79 Å². The first kappa shape index (κ1) is 21.1. The maximum Gasteiger partial charge on any atom is 0.338 e. The lowest BCUT2D eigenvalue weighted by molar-refractivity contribution is -0.123. The number of rotatable bonds is 5. The van der Waals surface area contributed by atoms with E-state index in [1.54, 1.807) is 24.3 Å². The van der Waals surface area contributed by atoms with Crippen LogP contribution in [0.5, 0.6) is 0 Å². The number of anilines is 2. The number of imide groups is 1. The largest absolute Gasteiger partial charge is 0.452 e. The highest BCUT2D eigenvalue weighted by Crippen LogP contribution is 2.55. The number of amides is 3. The van der Waals surface area contributed by atoms with Gasteiger partial charge in [0, 0.05) is 5.69 Å². The quantitative estimate of drug-likeness (QED) is 0.433. The summed E-state index contributed by atoms with van der Waals surface area (Å²) in [4.78, 5) is 51.7. The second-order valence-corrected chi connectivity index (χ2v) is 9.02. The molecular formula is C26H24N2O5. The van der Waals surface area contributed by atoms with Crippen molar-refractivity contribution in [3.8, 4) is 0 Å². The molecule has 1 aliphatic heterocycles. The number of benzene rings is 2. The normalized spacial score (nSPS) is 25.2. The SMILES string of the molecule is CC1=C[C@H]2C[C@H]1[C@@H]1C(=O)N(c3ccc(C(=O)OCC(=O)Nc4ccc(C)cc4)cc3)C(=O)[C@@H]12. The fourth-order valence-corrected chi connectivity index (χ4v) is 5.32. The molecule has 1 heterocycles. The number of ether oxygens (including phenoxy) is 1. The second-order valence-electron chi connectivity index (χ2n) is 9.02. The molecule has 7 nitrogen and oxygen atoms in total. The number of hydrogen-bond acceptors (Lipinski definition) is 5. The van der Waals surface area contributed by atoms with Crippen LogP contribution in [0.2, 0.25) is 0 Å². The molecule has 2 aromatic carbocycles. The van der Waals surface area contributed by atoms with Crippen LogP contribution in [-0.4, -0.2) is 30.3 Å². The van der Waals surface area contributed by atoms with Gasteiger partial charge in [0.05, 0.1) is 23.1 Å². The van der Waals surface area contributed by atoms with E-state index < -0.39 is 18.5 Å². The predicted octanol–water partition coefficient (Wildman–Crippen LogP) is 3.49. The van der Waals surface area contributed by atoms with Crippen molar-refractivity contribution in [2.24, 2.45) is 23.7 Å². The molecule has 0 spiro atoms. The lowest BCUT2D eigenvalue weighted by Gasteiger charge is -2.19. The maximum absolute atomic E-state index is 13.0. The molecular weight excluding hydrogens is 420 g/mol. The zero-order valence-corrected chi connectivity index (χ0v) is 18.4. The van der Waals surface area contributed by atoms with Gasteiger partial charge >= 0.3 is 5.97 Å². The van der Waals surface area contributed by atoms with Gasteiger partial charge in [-0.2, -0.15) is 0 Å². The Morgan fingerprint density at radius 1 is 0.970 bits per heavy atom. The van der Waals surface area contributed by atoms with Crippen LogP contribution in [0.3, 0.4) is 0 Å². The molecule has 2 fully saturated rings. The summed E-state index contributed by atoms with van der Waals surface area (Å²) < 4.78 is 5.10. The predicted molar refractivity (Wildman–Crippen MR) is 121 cm³/mol. The van der Waals surface area contributed by atoms with Gasteiger partial charge < -0.3 is 10.1 Å². The number of nitrogens with one attached hydrogen (secondary N) is 1. The molecule has 0 aromatic heterocycles. The molecule has 7 heteroatoms. The minimum Gasteiger partial charge on any atom is -0.452 e. The van der Waals surface area contributed by atoms with E-state index in [4.69, 9.17) is 4.74 Å². The first-order chi connectivity index (χ1) is 15.8. The molecule has 0 unspecified atom stereocenters. The highest BCUT2D eigenvalue weighted by atomic mass is 16.5. The van der Waals surface area contributed by atoms with Crippen molar-refractivity contribution in [1.29, 1.82) is 0 Å². The molecule has 168 valence electrons. The van der Waals surface area contributed by atoms with Crippen LogP contribution in [-0.2, 0) is 19.1 Å². The Kier molecular flexibility index (Phi) is 5.12. The van der Waals surface area contributed by atoms with Crippen molar-refractivity contribution in [2.45, 2.75) is 20.3 Å². The summed E-state index contributed by atoms with van der Waals surface area (Å²) in [6, 6.07) is 13.4. The number of nitrogens with zero attached hydrogens (tertiary/aromatic N) is 1. The van der Waals surface area contributed by atoms with E-state index in [0.29, 0.717) is 11.4 Å². The van der Waals surface area contributed by atoms with Crippen LogP contribution in [0.25, 0.3) is 0 Å². The number of aryl methyl sites for hydroxylation is 1. The van der Waals surface area contributed by atoms with Crippen LogP contribution < -0.4 is 10.2 Å². The summed E-state index contributed by atoms with van der Waals surface area (Å²) in [7, 11) is 0. The molecule has 1 saturated carbocycles. The van der Waals surface area contributed by atoms with Gasteiger partial charge in [-0.3, -0.25) is 19.3 Å². The van der Waals surface area contributed by atoms with Crippen molar-refractivity contribution >= 4 is 35.1 Å². The summed E-state index contributed by atoms with van der Waals surface area (Å²) in [6.45, 7) is 3.56. The third kappa shape index (κ3) is 3.63. The smallest absolute Gasteiger partial charge is 0.338 e. The lowest BCUT2D eigenvalue weighted by atomic mass is 9.82. The topological polar surface area (TPSA) is 92.8 Å². The molecule has 2 aromatic rings. The van der Waals surface area contributed by atoms with E-state index in [1.165, 1.54) is 22.6 Å². The van der Waals surface area contributed by atoms with Gasteiger partial charge in [0.1, 0.15) is 0 Å². The van der Waals surface area contributed by atoms with Crippen molar-refractivity contribution < 1.29 is 23.9 Å². The summed E-state index contributed by atoms with van der Waals surface area (Å²) >= 11 is 0. The van der Waals surface area contributed by atoms with E-state index in [-0.39, 0.29) is 41.0 Å². The van der Waals surface area contributed by atoms with Crippen LogP contribution >= 0.6 is 0 Å². The summed E-state index contributed by atoms with van der Waals surface area (Å²) in [5.74, 6) is -1.68. The summed E-state index contributed by atoms with van der Waals surface area (Å²) in [5.41, 5.74) is 3.58. The van der Waals surface area contributed by atoms with Crippen molar-refractivity contribution in [3.05, 3.63) is 71.3 Å². The van der Waals surface area contributed by atoms with Crippen LogP contribution in [0.1, 0.15) is 29.3 Å². The molecule has 0 radical (unpaired) electrons. The fraction of sp³-hybridized carbons (Fsp3) is 0.308. The molecule has 5 rings (SSSR count). The molecule has 1 saturated heterocycles. The lowest BCUT2D eigenvalue weighted by Crippen LogP contribution is -2.33. The van der Waals surface area contributed by atoms with E-state index in [0.717, 1.165) is 12.0 Å². The Hall–Kier alpha value is -3.74. The van der Waals surface area contributed by atoms with E-state index in [9.17, 15) is 19.2 Å². The van der Waals surface area contributed by atoms with E-state index in [2.05, 4.69) is 11.4 Å². The second kappa shape index (κ2) is 7.99. The van der Waals surface area contributed by atoms with Gasteiger partial charge in [-0.1, -0.05) is 29.3 Å². The third-order valence-electron chi connectivity index (χ3n) is 6.91. The zero-order chi connectivity index (χ0) is 23.3. The summed E-state index contributed by atoms with van der Waals surface area (Å²) in [6.07, 6.45) is 3.02. The Bertz CT molecular complexity index is 1180. The van der Waals surface area contributed by atoms with Gasteiger partial charge in [0.25, 0.3) is 5.91 Å². The van der Waals surface area contributed by atoms with Crippen molar-refractivity contribution in [1.82, 2.24) is 0 Å². The Labute approximate surface area is 191 Å². The van der Waals surface area contributed by atoms with Gasteiger partial charge in [0.2, 0.25) is 11.8 Å². The average molecular weight is 444 g/mol.